The van der Waals surface area contributed by atoms with Crippen LogP contribution >= 0.6 is 12.6 Å². The van der Waals surface area contributed by atoms with Gasteiger partial charge in [0.05, 0.1) is 5.56 Å². The number of hydrogen-bond donors (Lipinski definition) is 1. The average Bonchev–Trinajstić information content (AvgIpc) is 2.61. The lowest BCUT2D eigenvalue weighted by Crippen LogP contribution is -2.17. The maximum Gasteiger partial charge on any atom is 0.344 e. The Balaban J connectivity index is 2.60. The molecule has 0 radical (unpaired) electrons. The van der Waals surface area contributed by atoms with Crippen molar-refractivity contribution in [2.45, 2.75) is 90.9 Å². The predicted molar refractivity (Wildman–Crippen MR) is 126 cm³/mol. The maximum absolute atomic E-state index is 13.4. The molecule has 0 N–H and O–H groups in total. The van der Waals surface area contributed by atoms with E-state index in [1.54, 1.807) is 0 Å². The lowest BCUT2D eigenvalue weighted by atomic mass is 9.84. The zero-order valence-corrected chi connectivity index (χ0v) is 20.3. The van der Waals surface area contributed by atoms with Crippen molar-refractivity contribution in [2.24, 2.45) is 0 Å². The van der Waals surface area contributed by atoms with Gasteiger partial charge in [-0.3, -0.25) is 0 Å². The lowest BCUT2D eigenvalue weighted by Gasteiger charge is -2.22. The van der Waals surface area contributed by atoms with Gasteiger partial charge >= 0.3 is 5.97 Å². The number of thiol groups is 1. The van der Waals surface area contributed by atoms with Crippen molar-refractivity contribution in [3.05, 3.63) is 57.6 Å². The first-order chi connectivity index (χ1) is 13.4. The summed E-state index contributed by atoms with van der Waals surface area (Å²) in [5.74, 6) is 1.55. The number of rotatable bonds is 6. The second-order valence-corrected chi connectivity index (χ2v) is 9.74. The SMILES string of the molecule is Cc1cc(S)c(C(C)C)cc1OC(=O)c1c(C(C)C)cc(C(C)C)cc1C(C)C. The summed E-state index contributed by atoms with van der Waals surface area (Å²) in [6.45, 7) is 19.1. The van der Waals surface area contributed by atoms with Gasteiger partial charge in [-0.15, -0.1) is 12.6 Å². The van der Waals surface area contributed by atoms with Crippen molar-refractivity contribution in [2.75, 3.05) is 0 Å². The topological polar surface area (TPSA) is 26.3 Å². The first kappa shape index (κ1) is 23.5. The summed E-state index contributed by atoms with van der Waals surface area (Å²) in [5, 5.41) is 0. The highest BCUT2D eigenvalue weighted by molar-refractivity contribution is 7.80. The first-order valence-electron chi connectivity index (χ1n) is 10.7. The molecule has 29 heavy (non-hydrogen) atoms. The molecule has 0 aliphatic heterocycles. The van der Waals surface area contributed by atoms with E-state index in [1.807, 2.05) is 19.1 Å². The van der Waals surface area contributed by atoms with Crippen molar-refractivity contribution in [3.8, 4) is 5.75 Å². The minimum atomic E-state index is -0.266. The minimum Gasteiger partial charge on any atom is -0.423 e. The molecule has 0 saturated heterocycles. The summed E-state index contributed by atoms with van der Waals surface area (Å²) < 4.78 is 5.99. The fourth-order valence-electron chi connectivity index (χ4n) is 3.60. The van der Waals surface area contributed by atoms with E-state index < -0.39 is 0 Å². The molecule has 0 amide bonds. The van der Waals surface area contributed by atoms with Gasteiger partial charge in [0.1, 0.15) is 5.75 Å². The van der Waals surface area contributed by atoms with Crippen LogP contribution in [0.25, 0.3) is 0 Å². The van der Waals surface area contributed by atoms with E-state index in [0.717, 1.165) is 32.7 Å². The van der Waals surface area contributed by atoms with E-state index in [0.29, 0.717) is 17.6 Å². The third kappa shape index (κ3) is 5.25. The van der Waals surface area contributed by atoms with E-state index in [4.69, 9.17) is 4.74 Å². The Morgan fingerprint density at radius 1 is 0.759 bits per heavy atom. The number of carbonyl (C=O) groups is 1. The molecule has 2 aromatic rings. The molecule has 0 aliphatic carbocycles. The van der Waals surface area contributed by atoms with Crippen molar-refractivity contribution in [3.63, 3.8) is 0 Å². The Kier molecular flexibility index (Phi) is 7.62. The Hall–Kier alpha value is -1.74. The molecule has 0 atom stereocenters. The zero-order valence-electron chi connectivity index (χ0n) is 19.4. The molecule has 0 spiro atoms. The van der Waals surface area contributed by atoms with Crippen molar-refractivity contribution >= 4 is 18.6 Å². The molecule has 0 heterocycles. The summed E-state index contributed by atoms with van der Waals surface area (Å²) in [6.07, 6.45) is 0. The van der Waals surface area contributed by atoms with E-state index in [2.05, 4.69) is 80.2 Å². The largest absolute Gasteiger partial charge is 0.423 e. The van der Waals surface area contributed by atoms with Crippen LogP contribution in [0.5, 0.6) is 5.75 Å². The van der Waals surface area contributed by atoms with Crippen molar-refractivity contribution < 1.29 is 9.53 Å². The number of carbonyl (C=O) groups excluding carboxylic acids is 1. The summed E-state index contributed by atoms with van der Waals surface area (Å²) >= 11 is 4.59. The van der Waals surface area contributed by atoms with Crippen molar-refractivity contribution in [1.29, 1.82) is 0 Å². The quantitative estimate of drug-likeness (QED) is 0.295. The number of aryl methyl sites for hydroxylation is 1. The molecule has 0 unspecified atom stereocenters. The van der Waals surface area contributed by atoms with E-state index in [-0.39, 0.29) is 17.8 Å². The van der Waals surface area contributed by atoms with Crippen LogP contribution in [0.2, 0.25) is 0 Å². The highest BCUT2D eigenvalue weighted by atomic mass is 32.1. The van der Waals surface area contributed by atoms with Gasteiger partial charge < -0.3 is 4.74 Å². The molecule has 0 aliphatic rings. The summed E-state index contributed by atoms with van der Waals surface area (Å²) in [6, 6.07) is 8.31. The Morgan fingerprint density at radius 2 is 1.24 bits per heavy atom. The number of hydrogen-bond acceptors (Lipinski definition) is 3. The summed E-state index contributed by atoms with van der Waals surface area (Å²) in [7, 11) is 0. The molecule has 2 rings (SSSR count). The lowest BCUT2D eigenvalue weighted by molar-refractivity contribution is 0.0730. The standard InChI is InChI=1S/C26H36O2S/c1-14(2)19-11-21(16(5)6)25(22(12-19)17(7)8)26(27)28-23-13-20(15(3)4)24(29)10-18(23)9/h10-17,29H,1-9H3. The molecule has 2 aromatic carbocycles. The number of ether oxygens (including phenoxy) is 1. The van der Waals surface area contributed by atoms with E-state index >= 15 is 0 Å². The van der Waals surface area contributed by atoms with Gasteiger partial charge in [0, 0.05) is 4.90 Å². The monoisotopic (exact) mass is 412 g/mol. The second-order valence-electron chi connectivity index (χ2n) is 9.26. The van der Waals surface area contributed by atoms with Gasteiger partial charge in [-0.2, -0.15) is 0 Å². The first-order valence-corrected chi connectivity index (χ1v) is 11.1. The summed E-state index contributed by atoms with van der Waals surface area (Å²) in [4.78, 5) is 14.4. The predicted octanol–water partition coefficient (Wildman–Crippen LogP) is 8.00. The molecule has 0 saturated carbocycles. The molecule has 0 aromatic heterocycles. The molecule has 158 valence electrons. The van der Waals surface area contributed by atoms with E-state index in [1.165, 1.54) is 5.56 Å². The van der Waals surface area contributed by atoms with Crippen LogP contribution in [-0.4, -0.2) is 5.97 Å². The third-order valence-corrected chi connectivity index (χ3v) is 5.87. The van der Waals surface area contributed by atoms with E-state index in [9.17, 15) is 4.79 Å². The van der Waals surface area contributed by atoms with Crippen LogP contribution in [0, 0.1) is 6.92 Å². The highest BCUT2D eigenvalue weighted by Gasteiger charge is 2.24. The number of esters is 1. The maximum atomic E-state index is 13.4. The number of benzene rings is 2. The normalized spacial score (nSPS) is 11.8. The molecule has 0 fully saturated rings. The molecule has 0 bridgehead atoms. The van der Waals surface area contributed by atoms with Crippen LogP contribution in [0.1, 0.15) is 117 Å². The van der Waals surface area contributed by atoms with Crippen LogP contribution in [0.4, 0.5) is 0 Å². The second kappa shape index (κ2) is 9.38. The van der Waals surface area contributed by atoms with Crippen molar-refractivity contribution in [1.82, 2.24) is 0 Å². The van der Waals surface area contributed by atoms with Crippen LogP contribution < -0.4 is 4.74 Å². The molecular weight excluding hydrogens is 376 g/mol. The van der Waals surface area contributed by atoms with Gasteiger partial charge in [-0.05, 0) is 70.5 Å². The van der Waals surface area contributed by atoms with Gasteiger partial charge in [0.2, 0.25) is 0 Å². The molecule has 3 heteroatoms. The molecular formula is C26H36O2S. The fourth-order valence-corrected chi connectivity index (χ4v) is 4.12. The van der Waals surface area contributed by atoms with Gasteiger partial charge in [-0.1, -0.05) is 67.5 Å². The minimum absolute atomic E-state index is 0.237. The zero-order chi connectivity index (χ0) is 22.0. The summed E-state index contributed by atoms with van der Waals surface area (Å²) in [5.41, 5.74) is 6.13. The van der Waals surface area contributed by atoms with Crippen LogP contribution in [0.15, 0.2) is 29.2 Å². The average molecular weight is 413 g/mol. The van der Waals surface area contributed by atoms with Crippen LogP contribution in [-0.2, 0) is 0 Å². The van der Waals surface area contributed by atoms with Gasteiger partial charge in [-0.25, -0.2) is 4.79 Å². The van der Waals surface area contributed by atoms with Gasteiger partial charge in [0.25, 0.3) is 0 Å². The third-order valence-electron chi connectivity index (χ3n) is 5.49. The fraction of sp³-hybridized carbons (Fsp3) is 0.500. The molecule has 2 nitrogen and oxygen atoms in total. The Labute approximate surface area is 182 Å². The highest BCUT2D eigenvalue weighted by Crippen LogP contribution is 2.35. The Bertz CT molecular complexity index is 863. The Morgan fingerprint density at radius 3 is 1.66 bits per heavy atom. The van der Waals surface area contributed by atoms with Gasteiger partial charge in [0.15, 0.2) is 0 Å². The smallest absolute Gasteiger partial charge is 0.344 e. The van der Waals surface area contributed by atoms with Crippen LogP contribution in [0.3, 0.4) is 0 Å².